The van der Waals surface area contributed by atoms with Gasteiger partial charge in [-0.25, -0.2) is 4.98 Å². The highest BCUT2D eigenvalue weighted by Crippen LogP contribution is 2.29. The summed E-state index contributed by atoms with van der Waals surface area (Å²) in [5, 5.41) is 12.1. The molecule has 0 fully saturated rings. The van der Waals surface area contributed by atoms with Gasteiger partial charge in [-0.15, -0.1) is 11.3 Å². The smallest absolute Gasteiger partial charge is 0.134 e. The van der Waals surface area contributed by atoms with Crippen LogP contribution in [-0.2, 0) is 0 Å². The minimum absolute atomic E-state index is 0.532. The van der Waals surface area contributed by atoms with Gasteiger partial charge in [0.1, 0.15) is 22.6 Å². The maximum absolute atomic E-state index is 9.51. The first-order chi connectivity index (χ1) is 12.2. The molecule has 0 radical (unpaired) electrons. The van der Waals surface area contributed by atoms with E-state index in [9.17, 15) is 5.26 Å². The van der Waals surface area contributed by atoms with Gasteiger partial charge in [-0.2, -0.15) is 5.26 Å². The zero-order valence-electron chi connectivity index (χ0n) is 13.9. The molecule has 0 bridgehead atoms. The molecule has 3 aromatic rings. The van der Waals surface area contributed by atoms with Gasteiger partial charge in [0.05, 0.1) is 25.5 Å². The van der Waals surface area contributed by atoms with E-state index in [4.69, 9.17) is 9.47 Å². The molecule has 0 unspecified atom stereocenters. The summed E-state index contributed by atoms with van der Waals surface area (Å²) in [7, 11) is 3.26. The largest absolute Gasteiger partial charge is 0.497 e. The van der Waals surface area contributed by atoms with Crippen LogP contribution in [-0.4, -0.2) is 19.2 Å². The number of ether oxygens (including phenoxy) is 2. The van der Waals surface area contributed by atoms with Crippen LogP contribution in [0.1, 0.15) is 10.6 Å². The lowest BCUT2D eigenvalue weighted by atomic mass is 10.1. The molecule has 4 nitrogen and oxygen atoms in total. The van der Waals surface area contributed by atoms with Crippen molar-refractivity contribution in [3.63, 3.8) is 0 Å². The fourth-order valence-electron chi connectivity index (χ4n) is 2.32. The van der Waals surface area contributed by atoms with E-state index in [2.05, 4.69) is 11.1 Å². The summed E-state index contributed by atoms with van der Waals surface area (Å²) < 4.78 is 10.4. The normalized spacial score (nSPS) is 11.0. The lowest BCUT2D eigenvalue weighted by Crippen LogP contribution is -1.85. The van der Waals surface area contributed by atoms with Crippen LogP contribution in [0.2, 0.25) is 0 Å². The Balaban J connectivity index is 1.90. The Hall–Kier alpha value is -3.10. The Morgan fingerprint density at radius 3 is 2.52 bits per heavy atom. The average molecular weight is 348 g/mol. The van der Waals surface area contributed by atoms with Crippen LogP contribution in [0.15, 0.2) is 53.9 Å². The van der Waals surface area contributed by atoms with Crippen molar-refractivity contribution in [3.05, 3.63) is 64.5 Å². The van der Waals surface area contributed by atoms with Crippen molar-refractivity contribution in [2.45, 2.75) is 0 Å². The third kappa shape index (κ3) is 3.87. The monoisotopic (exact) mass is 348 g/mol. The molecule has 1 heterocycles. The molecule has 0 saturated carbocycles. The summed E-state index contributed by atoms with van der Waals surface area (Å²) in [6.45, 7) is 0. The fourth-order valence-corrected chi connectivity index (χ4v) is 3.12. The standard InChI is InChI=1S/C20H16N2O2S/c1-23-17-8-6-14(7-9-17)10-16(12-21)20-22-19(13-25-20)15-4-3-5-18(11-15)24-2/h3-11,13H,1-2H3/b16-10+. The second-order valence-electron chi connectivity index (χ2n) is 5.21. The maximum Gasteiger partial charge on any atom is 0.134 e. The molecular weight excluding hydrogens is 332 g/mol. The molecule has 0 aliphatic carbocycles. The first-order valence-electron chi connectivity index (χ1n) is 7.59. The molecule has 0 saturated heterocycles. The molecule has 25 heavy (non-hydrogen) atoms. The number of hydrogen-bond donors (Lipinski definition) is 0. The van der Waals surface area contributed by atoms with E-state index in [-0.39, 0.29) is 0 Å². The third-order valence-electron chi connectivity index (χ3n) is 3.65. The molecule has 124 valence electrons. The second kappa shape index (κ2) is 7.65. The predicted octanol–water partition coefficient (Wildman–Crippen LogP) is 4.89. The average Bonchev–Trinajstić information content (AvgIpc) is 3.16. The molecule has 0 aliphatic rings. The van der Waals surface area contributed by atoms with Gasteiger partial charge in [-0.3, -0.25) is 0 Å². The molecule has 0 aliphatic heterocycles. The van der Waals surface area contributed by atoms with Crippen LogP contribution < -0.4 is 9.47 Å². The van der Waals surface area contributed by atoms with Crippen LogP contribution in [0, 0.1) is 11.3 Å². The summed E-state index contributed by atoms with van der Waals surface area (Å²) in [6, 6.07) is 17.5. The summed E-state index contributed by atoms with van der Waals surface area (Å²) in [5.41, 5.74) is 3.25. The van der Waals surface area contributed by atoms with E-state index in [0.29, 0.717) is 10.6 Å². The molecule has 0 spiro atoms. The van der Waals surface area contributed by atoms with Gasteiger partial charge in [-0.05, 0) is 35.9 Å². The van der Waals surface area contributed by atoms with E-state index in [0.717, 1.165) is 28.3 Å². The summed E-state index contributed by atoms with van der Waals surface area (Å²) in [4.78, 5) is 4.60. The minimum Gasteiger partial charge on any atom is -0.497 e. The van der Waals surface area contributed by atoms with E-state index >= 15 is 0 Å². The third-order valence-corrected chi connectivity index (χ3v) is 4.52. The van der Waals surface area contributed by atoms with Crippen LogP contribution in [0.3, 0.4) is 0 Å². The van der Waals surface area contributed by atoms with Gasteiger partial charge in [0.2, 0.25) is 0 Å². The summed E-state index contributed by atoms with van der Waals surface area (Å²) >= 11 is 1.45. The van der Waals surface area contributed by atoms with Crippen molar-refractivity contribution in [1.82, 2.24) is 4.98 Å². The Morgan fingerprint density at radius 2 is 1.84 bits per heavy atom. The number of allylic oxidation sites excluding steroid dienone is 1. The zero-order valence-corrected chi connectivity index (χ0v) is 14.7. The number of nitrogens with zero attached hydrogens (tertiary/aromatic N) is 2. The van der Waals surface area contributed by atoms with Crippen LogP contribution >= 0.6 is 11.3 Å². The van der Waals surface area contributed by atoms with E-state index in [1.54, 1.807) is 14.2 Å². The summed E-state index contributed by atoms with van der Waals surface area (Å²) in [6.07, 6.45) is 1.83. The summed E-state index contributed by atoms with van der Waals surface area (Å²) in [5.74, 6) is 1.56. The number of methoxy groups -OCH3 is 2. The quantitative estimate of drug-likeness (QED) is 0.616. The highest BCUT2D eigenvalue weighted by Gasteiger charge is 2.10. The first-order valence-corrected chi connectivity index (χ1v) is 8.47. The van der Waals surface area contributed by atoms with Crippen molar-refractivity contribution in [1.29, 1.82) is 5.26 Å². The number of hydrogen-bond acceptors (Lipinski definition) is 5. The van der Waals surface area contributed by atoms with Crippen molar-refractivity contribution in [2.75, 3.05) is 14.2 Å². The maximum atomic E-state index is 9.51. The van der Waals surface area contributed by atoms with Crippen LogP contribution in [0.25, 0.3) is 22.9 Å². The molecule has 3 rings (SSSR count). The highest BCUT2D eigenvalue weighted by atomic mass is 32.1. The van der Waals surface area contributed by atoms with E-state index in [1.165, 1.54) is 11.3 Å². The Kier molecular flexibility index (Phi) is 5.12. The topological polar surface area (TPSA) is 55.1 Å². The molecule has 0 atom stereocenters. The van der Waals surface area contributed by atoms with Gasteiger partial charge in [0.25, 0.3) is 0 Å². The van der Waals surface area contributed by atoms with Crippen LogP contribution in [0.5, 0.6) is 11.5 Å². The SMILES string of the molecule is COc1ccc(/C=C(\C#N)c2nc(-c3cccc(OC)c3)cs2)cc1. The van der Waals surface area contributed by atoms with Gasteiger partial charge in [-0.1, -0.05) is 24.3 Å². The van der Waals surface area contributed by atoms with Crippen molar-refractivity contribution in [2.24, 2.45) is 0 Å². The van der Waals surface area contributed by atoms with Crippen molar-refractivity contribution < 1.29 is 9.47 Å². The molecule has 5 heteroatoms. The molecular formula is C20H16N2O2S. The van der Waals surface area contributed by atoms with Crippen molar-refractivity contribution in [3.8, 4) is 28.8 Å². The van der Waals surface area contributed by atoms with Gasteiger partial charge >= 0.3 is 0 Å². The Morgan fingerprint density at radius 1 is 1.08 bits per heavy atom. The first kappa shape index (κ1) is 16.7. The Bertz CT molecular complexity index is 937. The van der Waals surface area contributed by atoms with E-state index < -0.39 is 0 Å². The van der Waals surface area contributed by atoms with Gasteiger partial charge < -0.3 is 9.47 Å². The Labute approximate surface area is 150 Å². The fraction of sp³-hybridized carbons (Fsp3) is 0.100. The second-order valence-corrected chi connectivity index (χ2v) is 6.07. The number of rotatable bonds is 5. The lowest BCUT2D eigenvalue weighted by molar-refractivity contribution is 0.414. The molecule has 1 aromatic heterocycles. The van der Waals surface area contributed by atoms with Gasteiger partial charge in [0.15, 0.2) is 0 Å². The molecule has 2 aromatic carbocycles. The lowest BCUT2D eigenvalue weighted by Gasteiger charge is -2.01. The number of thiazole rings is 1. The minimum atomic E-state index is 0.532. The number of benzene rings is 2. The van der Waals surface area contributed by atoms with E-state index in [1.807, 2.05) is 60.0 Å². The molecule has 0 amide bonds. The molecule has 0 N–H and O–H groups in total. The number of aromatic nitrogens is 1. The van der Waals surface area contributed by atoms with Crippen LogP contribution in [0.4, 0.5) is 0 Å². The zero-order chi connectivity index (χ0) is 17.6. The van der Waals surface area contributed by atoms with Crippen molar-refractivity contribution >= 4 is 23.0 Å². The predicted molar refractivity (Wildman–Crippen MR) is 101 cm³/mol. The van der Waals surface area contributed by atoms with Gasteiger partial charge in [0, 0.05) is 10.9 Å². The highest BCUT2D eigenvalue weighted by molar-refractivity contribution is 7.11. The number of nitriles is 1.